The Hall–Kier alpha value is -3.46. The minimum atomic E-state index is -0.247. The molecule has 1 saturated heterocycles. The number of nitrogens with zero attached hydrogens (tertiary/aromatic N) is 5. The third-order valence-corrected chi connectivity index (χ3v) is 6.05. The van der Waals surface area contributed by atoms with E-state index in [1.54, 1.807) is 28.8 Å². The molecule has 0 N–H and O–H groups in total. The number of halogens is 1. The van der Waals surface area contributed by atoms with E-state index in [-0.39, 0.29) is 24.4 Å². The van der Waals surface area contributed by atoms with Gasteiger partial charge in [0.1, 0.15) is 17.7 Å². The van der Waals surface area contributed by atoms with Crippen molar-refractivity contribution >= 4 is 11.6 Å². The van der Waals surface area contributed by atoms with Gasteiger partial charge in [-0.3, -0.25) is 4.79 Å². The molecule has 0 bridgehead atoms. The minimum absolute atomic E-state index is 0.161. The Balaban J connectivity index is 1.25. The SMILES string of the molecule is COc1ccc(C2Cn3nnc(C(=O)N4CCN(c5ccccc5F)CC4)c3CO2)cc1. The van der Waals surface area contributed by atoms with E-state index in [9.17, 15) is 9.18 Å². The number of carbonyl (C=O) groups is 1. The molecule has 3 aromatic rings. The van der Waals surface area contributed by atoms with Gasteiger partial charge in [0.15, 0.2) is 5.69 Å². The van der Waals surface area contributed by atoms with Gasteiger partial charge in [-0.05, 0) is 29.8 Å². The van der Waals surface area contributed by atoms with Crippen LogP contribution < -0.4 is 9.64 Å². The number of aromatic nitrogens is 3. The first-order valence-corrected chi connectivity index (χ1v) is 10.6. The van der Waals surface area contributed by atoms with Crippen LogP contribution in [0.3, 0.4) is 0 Å². The average molecular weight is 437 g/mol. The Bertz CT molecular complexity index is 1110. The lowest BCUT2D eigenvalue weighted by molar-refractivity contribution is -0.00198. The highest BCUT2D eigenvalue weighted by Crippen LogP contribution is 2.29. The van der Waals surface area contributed by atoms with E-state index in [4.69, 9.17) is 9.47 Å². The zero-order valence-electron chi connectivity index (χ0n) is 17.8. The van der Waals surface area contributed by atoms with Crippen molar-refractivity contribution < 1.29 is 18.7 Å². The number of piperazine rings is 1. The number of para-hydroxylation sites is 1. The van der Waals surface area contributed by atoms with Gasteiger partial charge in [-0.2, -0.15) is 0 Å². The normalized spacial score (nSPS) is 18.4. The van der Waals surface area contributed by atoms with Crippen LogP contribution in [-0.4, -0.2) is 59.1 Å². The maximum absolute atomic E-state index is 14.1. The highest BCUT2D eigenvalue weighted by Gasteiger charge is 2.31. The summed E-state index contributed by atoms with van der Waals surface area (Å²) in [5.41, 5.74) is 2.61. The van der Waals surface area contributed by atoms with Crippen molar-refractivity contribution in [2.75, 3.05) is 38.2 Å². The second kappa shape index (κ2) is 8.58. The number of ether oxygens (including phenoxy) is 2. The van der Waals surface area contributed by atoms with E-state index in [2.05, 4.69) is 10.3 Å². The number of anilines is 1. The molecule has 32 heavy (non-hydrogen) atoms. The van der Waals surface area contributed by atoms with Crippen LogP contribution in [0.4, 0.5) is 10.1 Å². The molecule has 5 rings (SSSR count). The molecule has 0 saturated carbocycles. The van der Waals surface area contributed by atoms with Crippen molar-refractivity contribution in [3.8, 4) is 5.75 Å². The summed E-state index contributed by atoms with van der Waals surface area (Å²) >= 11 is 0. The zero-order chi connectivity index (χ0) is 22.1. The maximum atomic E-state index is 14.1. The van der Waals surface area contributed by atoms with Crippen molar-refractivity contribution in [1.82, 2.24) is 19.9 Å². The molecule has 1 unspecified atom stereocenters. The Kier molecular flexibility index (Phi) is 5.48. The fourth-order valence-electron chi connectivity index (χ4n) is 4.21. The topological polar surface area (TPSA) is 72.7 Å². The molecule has 2 aliphatic heterocycles. The summed E-state index contributed by atoms with van der Waals surface area (Å²) in [6.45, 7) is 2.87. The second-order valence-electron chi connectivity index (χ2n) is 7.87. The first-order valence-electron chi connectivity index (χ1n) is 10.6. The molecule has 0 radical (unpaired) electrons. The summed E-state index contributed by atoms with van der Waals surface area (Å²) in [5, 5.41) is 8.38. The van der Waals surface area contributed by atoms with E-state index in [1.807, 2.05) is 35.2 Å². The molecular weight excluding hydrogens is 413 g/mol. The van der Waals surface area contributed by atoms with Crippen molar-refractivity contribution in [3.63, 3.8) is 0 Å². The van der Waals surface area contributed by atoms with E-state index in [1.165, 1.54) is 6.07 Å². The molecule has 2 aliphatic rings. The third-order valence-electron chi connectivity index (χ3n) is 6.05. The van der Waals surface area contributed by atoms with E-state index >= 15 is 0 Å². The summed E-state index contributed by atoms with van der Waals surface area (Å²) in [7, 11) is 1.63. The standard InChI is InChI=1S/C23H24FN5O3/c1-31-17-8-6-16(7-9-17)21-14-29-20(15-32-21)22(25-26-29)23(30)28-12-10-27(11-13-28)19-5-3-2-4-18(19)24/h2-9,21H,10-15H2,1H3. The number of rotatable bonds is 4. The molecule has 2 aromatic carbocycles. The lowest BCUT2D eigenvalue weighted by Crippen LogP contribution is -2.49. The van der Waals surface area contributed by atoms with Crippen LogP contribution in [0.2, 0.25) is 0 Å². The first kappa shape index (κ1) is 20.4. The van der Waals surface area contributed by atoms with Crippen molar-refractivity contribution in [1.29, 1.82) is 0 Å². The molecule has 0 aliphatic carbocycles. The van der Waals surface area contributed by atoms with Crippen LogP contribution in [0.15, 0.2) is 48.5 Å². The van der Waals surface area contributed by atoms with Gasteiger partial charge < -0.3 is 19.3 Å². The fourth-order valence-corrected chi connectivity index (χ4v) is 4.21. The lowest BCUT2D eigenvalue weighted by Gasteiger charge is -2.36. The number of hydrogen-bond donors (Lipinski definition) is 0. The predicted octanol–water partition coefficient (Wildman–Crippen LogP) is 2.66. The molecule has 1 fully saturated rings. The fraction of sp³-hybridized carbons (Fsp3) is 0.348. The summed E-state index contributed by atoms with van der Waals surface area (Å²) in [6.07, 6.45) is -0.164. The van der Waals surface area contributed by atoms with E-state index in [0.29, 0.717) is 49.8 Å². The number of carbonyl (C=O) groups excluding carboxylic acids is 1. The number of amides is 1. The third kappa shape index (κ3) is 3.80. The van der Waals surface area contributed by atoms with Crippen LogP contribution in [0, 0.1) is 5.82 Å². The van der Waals surface area contributed by atoms with E-state index < -0.39 is 0 Å². The highest BCUT2D eigenvalue weighted by molar-refractivity contribution is 5.93. The summed E-state index contributed by atoms with van der Waals surface area (Å²) in [4.78, 5) is 16.8. The number of benzene rings is 2. The average Bonchev–Trinajstić information content (AvgIpc) is 3.27. The van der Waals surface area contributed by atoms with Gasteiger partial charge in [0.2, 0.25) is 0 Å². The molecule has 1 amide bonds. The monoisotopic (exact) mass is 437 g/mol. The lowest BCUT2D eigenvalue weighted by atomic mass is 10.1. The van der Waals surface area contributed by atoms with Crippen molar-refractivity contribution in [2.45, 2.75) is 19.3 Å². The molecule has 166 valence electrons. The van der Waals surface area contributed by atoms with Crippen LogP contribution >= 0.6 is 0 Å². The molecule has 9 heteroatoms. The smallest absolute Gasteiger partial charge is 0.276 e. The van der Waals surface area contributed by atoms with Crippen molar-refractivity contribution in [3.05, 3.63) is 71.3 Å². The largest absolute Gasteiger partial charge is 0.497 e. The summed E-state index contributed by atoms with van der Waals surface area (Å²) < 4.78 is 27.1. The first-order chi connectivity index (χ1) is 15.6. The molecule has 3 heterocycles. The van der Waals surface area contributed by atoms with Gasteiger partial charge in [-0.15, -0.1) is 5.10 Å². The Morgan fingerprint density at radius 1 is 1.09 bits per heavy atom. The molecule has 8 nitrogen and oxygen atoms in total. The van der Waals surface area contributed by atoms with Gasteiger partial charge in [0, 0.05) is 26.2 Å². The van der Waals surface area contributed by atoms with Gasteiger partial charge in [0.25, 0.3) is 5.91 Å². The van der Waals surface area contributed by atoms with Crippen LogP contribution in [0.1, 0.15) is 27.8 Å². The Morgan fingerprint density at radius 3 is 2.56 bits per heavy atom. The van der Waals surface area contributed by atoms with Gasteiger partial charge in [0.05, 0.1) is 31.6 Å². The predicted molar refractivity (Wildman–Crippen MR) is 115 cm³/mol. The zero-order valence-corrected chi connectivity index (χ0v) is 17.8. The molecule has 1 aromatic heterocycles. The quantitative estimate of drug-likeness (QED) is 0.625. The number of fused-ring (bicyclic) bond motifs is 1. The molecular formula is C23H24FN5O3. The second-order valence-corrected chi connectivity index (χ2v) is 7.87. The molecule has 0 spiro atoms. The van der Waals surface area contributed by atoms with Gasteiger partial charge >= 0.3 is 0 Å². The Labute approximate surface area is 185 Å². The van der Waals surface area contributed by atoms with Crippen LogP contribution in [0.5, 0.6) is 5.75 Å². The van der Waals surface area contributed by atoms with Crippen LogP contribution in [0.25, 0.3) is 0 Å². The van der Waals surface area contributed by atoms with Crippen molar-refractivity contribution in [2.24, 2.45) is 0 Å². The number of methoxy groups -OCH3 is 1. The maximum Gasteiger partial charge on any atom is 0.276 e. The highest BCUT2D eigenvalue weighted by atomic mass is 19.1. The molecule has 1 atom stereocenters. The summed E-state index contributed by atoms with van der Waals surface area (Å²) in [5.74, 6) is 0.378. The minimum Gasteiger partial charge on any atom is -0.497 e. The van der Waals surface area contributed by atoms with Gasteiger partial charge in [-0.25, -0.2) is 9.07 Å². The summed E-state index contributed by atoms with van der Waals surface area (Å²) in [6, 6.07) is 14.4. The van der Waals surface area contributed by atoms with Gasteiger partial charge in [-0.1, -0.05) is 29.5 Å². The Morgan fingerprint density at radius 2 is 1.84 bits per heavy atom. The number of hydrogen-bond acceptors (Lipinski definition) is 6. The van der Waals surface area contributed by atoms with E-state index in [0.717, 1.165) is 11.3 Å². The van der Waals surface area contributed by atoms with Crippen LogP contribution in [-0.2, 0) is 17.9 Å².